The van der Waals surface area contributed by atoms with Crippen LogP contribution in [0.4, 0.5) is 0 Å². The van der Waals surface area contributed by atoms with Gasteiger partial charge in [0.2, 0.25) is 0 Å². The molecule has 5 rings (SSSR count). The molecule has 4 nitrogen and oxygen atoms in total. The first-order valence-electron chi connectivity index (χ1n) is 8.81. The van der Waals surface area contributed by atoms with E-state index in [1.807, 2.05) is 43.5 Å². The second-order valence-corrected chi connectivity index (χ2v) is 8.30. The Morgan fingerprint density at radius 3 is 2.89 bits per heavy atom. The lowest BCUT2D eigenvalue weighted by molar-refractivity contribution is 0.0963. The molecule has 27 heavy (non-hydrogen) atoms. The van der Waals surface area contributed by atoms with Gasteiger partial charge in [-0.1, -0.05) is 29.8 Å². The maximum Gasteiger partial charge on any atom is 0.166 e. The predicted octanol–water partition coefficient (Wildman–Crippen LogP) is 5.33. The highest BCUT2D eigenvalue weighted by atomic mass is 35.5. The lowest BCUT2D eigenvalue weighted by Crippen LogP contribution is -2.20. The summed E-state index contributed by atoms with van der Waals surface area (Å²) in [4.78, 5) is 18.9. The molecule has 4 aromatic rings. The van der Waals surface area contributed by atoms with Gasteiger partial charge in [-0.2, -0.15) is 5.10 Å². The molecule has 0 saturated carbocycles. The fourth-order valence-electron chi connectivity index (χ4n) is 3.85. The Kier molecular flexibility index (Phi) is 3.88. The number of thiophene rings is 1. The van der Waals surface area contributed by atoms with Crippen molar-refractivity contribution in [3.63, 3.8) is 0 Å². The third kappa shape index (κ3) is 2.78. The standard InChI is InChI=1S/C21H16ClN3OS/c1-12-20(13-4-2-5-15(22)8-13)21-23-17-9-14(19-6-3-7-27-19)10-18(26)16(17)11-25(21)24-12/h2-8,11,14H,9-10H2,1H3. The van der Waals surface area contributed by atoms with Crippen LogP contribution in [-0.4, -0.2) is 20.4 Å². The quantitative estimate of drug-likeness (QED) is 0.462. The molecular weight excluding hydrogens is 378 g/mol. The molecular formula is C21H16ClN3OS. The van der Waals surface area contributed by atoms with E-state index in [9.17, 15) is 4.79 Å². The number of benzene rings is 1. The number of carbonyl (C=O) groups excluding carboxylic acids is 1. The summed E-state index contributed by atoms with van der Waals surface area (Å²) in [7, 11) is 0. The molecule has 1 aliphatic rings. The second-order valence-electron chi connectivity index (χ2n) is 6.88. The third-order valence-electron chi connectivity index (χ3n) is 5.09. The van der Waals surface area contributed by atoms with E-state index in [1.165, 1.54) is 4.88 Å². The number of aromatic nitrogens is 3. The SMILES string of the molecule is Cc1nn2cc3c(nc2c1-c1cccc(Cl)c1)CC(c1cccs1)CC3=O. The molecule has 0 saturated heterocycles. The number of aryl methyl sites for hydroxylation is 1. The van der Waals surface area contributed by atoms with Crippen molar-refractivity contribution in [1.29, 1.82) is 0 Å². The molecule has 3 aromatic heterocycles. The van der Waals surface area contributed by atoms with Gasteiger partial charge < -0.3 is 0 Å². The van der Waals surface area contributed by atoms with Gasteiger partial charge in [0.15, 0.2) is 11.4 Å². The first kappa shape index (κ1) is 16.7. The molecule has 1 aliphatic carbocycles. The zero-order chi connectivity index (χ0) is 18.5. The Hall–Kier alpha value is -2.50. The smallest absolute Gasteiger partial charge is 0.166 e. The summed E-state index contributed by atoms with van der Waals surface area (Å²) >= 11 is 7.89. The van der Waals surface area contributed by atoms with Gasteiger partial charge >= 0.3 is 0 Å². The molecule has 0 spiro atoms. The molecule has 1 unspecified atom stereocenters. The normalized spacial score (nSPS) is 16.7. The summed E-state index contributed by atoms with van der Waals surface area (Å²) in [5, 5.41) is 7.33. The summed E-state index contributed by atoms with van der Waals surface area (Å²) < 4.78 is 1.73. The monoisotopic (exact) mass is 393 g/mol. The highest BCUT2D eigenvalue weighted by molar-refractivity contribution is 7.10. The molecule has 0 aliphatic heterocycles. The van der Waals surface area contributed by atoms with E-state index in [2.05, 4.69) is 16.5 Å². The maximum absolute atomic E-state index is 12.7. The molecule has 0 radical (unpaired) electrons. The maximum atomic E-state index is 12.7. The van der Waals surface area contributed by atoms with Gasteiger partial charge in [0.1, 0.15) is 0 Å². The van der Waals surface area contributed by atoms with Gasteiger partial charge in [-0.25, -0.2) is 9.50 Å². The van der Waals surface area contributed by atoms with Crippen LogP contribution in [0.15, 0.2) is 48.0 Å². The highest BCUT2D eigenvalue weighted by Gasteiger charge is 2.29. The van der Waals surface area contributed by atoms with Crippen LogP contribution in [-0.2, 0) is 6.42 Å². The van der Waals surface area contributed by atoms with Crippen molar-refractivity contribution in [3.8, 4) is 11.1 Å². The molecule has 6 heteroatoms. The van der Waals surface area contributed by atoms with E-state index >= 15 is 0 Å². The van der Waals surface area contributed by atoms with Crippen molar-refractivity contribution in [1.82, 2.24) is 14.6 Å². The van der Waals surface area contributed by atoms with Gasteiger partial charge in [0.05, 0.1) is 17.0 Å². The largest absolute Gasteiger partial charge is 0.294 e. The van der Waals surface area contributed by atoms with E-state index in [4.69, 9.17) is 16.6 Å². The van der Waals surface area contributed by atoms with Crippen LogP contribution in [0.1, 0.15) is 39.0 Å². The zero-order valence-corrected chi connectivity index (χ0v) is 16.2. The highest BCUT2D eigenvalue weighted by Crippen LogP contribution is 2.36. The number of nitrogens with zero attached hydrogens (tertiary/aromatic N) is 3. The summed E-state index contributed by atoms with van der Waals surface area (Å²) in [5.41, 5.74) is 5.14. The Balaban J connectivity index is 1.67. The van der Waals surface area contributed by atoms with E-state index < -0.39 is 0 Å². The molecule has 0 amide bonds. The van der Waals surface area contributed by atoms with Crippen LogP contribution >= 0.6 is 22.9 Å². The van der Waals surface area contributed by atoms with Gasteiger partial charge in [0.25, 0.3) is 0 Å². The topological polar surface area (TPSA) is 47.3 Å². The number of rotatable bonds is 2. The van der Waals surface area contributed by atoms with Gasteiger partial charge in [-0.3, -0.25) is 4.79 Å². The van der Waals surface area contributed by atoms with Gasteiger partial charge in [-0.15, -0.1) is 11.3 Å². The van der Waals surface area contributed by atoms with Crippen molar-refractivity contribution in [3.05, 3.63) is 74.8 Å². The Morgan fingerprint density at radius 2 is 2.11 bits per heavy atom. The zero-order valence-electron chi connectivity index (χ0n) is 14.6. The molecule has 0 N–H and O–H groups in total. The van der Waals surface area contributed by atoms with Gasteiger partial charge in [0, 0.05) is 34.0 Å². The fraction of sp³-hybridized carbons (Fsp3) is 0.190. The number of hydrogen-bond acceptors (Lipinski definition) is 4. The van der Waals surface area contributed by atoms with E-state index in [0.717, 1.165) is 34.6 Å². The minimum Gasteiger partial charge on any atom is -0.294 e. The fourth-order valence-corrected chi connectivity index (χ4v) is 4.87. The lowest BCUT2D eigenvalue weighted by atomic mass is 9.85. The first-order valence-corrected chi connectivity index (χ1v) is 10.1. The minimum absolute atomic E-state index is 0.140. The summed E-state index contributed by atoms with van der Waals surface area (Å²) in [5.74, 6) is 0.347. The van der Waals surface area contributed by atoms with E-state index in [0.29, 0.717) is 17.0 Å². The summed E-state index contributed by atoms with van der Waals surface area (Å²) in [6.07, 6.45) is 3.14. The third-order valence-corrected chi connectivity index (χ3v) is 6.36. The molecule has 1 aromatic carbocycles. The average Bonchev–Trinajstić information content (AvgIpc) is 3.27. The van der Waals surface area contributed by atoms with Crippen molar-refractivity contribution >= 4 is 34.4 Å². The molecule has 1 atom stereocenters. The van der Waals surface area contributed by atoms with Crippen LogP contribution in [0.25, 0.3) is 16.8 Å². The van der Waals surface area contributed by atoms with Crippen molar-refractivity contribution in [2.24, 2.45) is 0 Å². The van der Waals surface area contributed by atoms with Crippen molar-refractivity contribution in [2.45, 2.75) is 25.7 Å². The van der Waals surface area contributed by atoms with Crippen molar-refractivity contribution in [2.75, 3.05) is 0 Å². The average molecular weight is 394 g/mol. The number of carbonyl (C=O) groups is 1. The van der Waals surface area contributed by atoms with Crippen LogP contribution < -0.4 is 0 Å². The Bertz CT molecular complexity index is 1180. The molecule has 3 heterocycles. The van der Waals surface area contributed by atoms with E-state index in [1.54, 1.807) is 15.9 Å². The summed E-state index contributed by atoms with van der Waals surface area (Å²) in [6.45, 7) is 1.96. The Labute approximate surface area is 165 Å². The van der Waals surface area contributed by atoms with Gasteiger partial charge in [-0.05, 0) is 42.5 Å². The summed E-state index contributed by atoms with van der Waals surface area (Å²) in [6, 6.07) is 11.9. The number of ketones is 1. The first-order chi connectivity index (χ1) is 13.1. The number of halogens is 1. The number of fused-ring (bicyclic) bond motifs is 2. The second kappa shape index (κ2) is 6.29. The molecule has 134 valence electrons. The molecule has 0 bridgehead atoms. The van der Waals surface area contributed by atoms with Crippen LogP contribution in [0.3, 0.4) is 0 Å². The predicted molar refractivity (Wildman–Crippen MR) is 108 cm³/mol. The van der Waals surface area contributed by atoms with Crippen LogP contribution in [0, 0.1) is 6.92 Å². The van der Waals surface area contributed by atoms with Crippen molar-refractivity contribution < 1.29 is 4.79 Å². The van der Waals surface area contributed by atoms with E-state index in [-0.39, 0.29) is 11.7 Å². The lowest BCUT2D eigenvalue weighted by Gasteiger charge is -2.22. The molecule has 0 fully saturated rings. The minimum atomic E-state index is 0.140. The Morgan fingerprint density at radius 1 is 1.22 bits per heavy atom. The number of hydrogen-bond donors (Lipinski definition) is 0. The van der Waals surface area contributed by atoms with Crippen LogP contribution in [0.2, 0.25) is 5.02 Å². The number of Topliss-reactive ketones (excluding diaryl/α,β-unsaturated/α-hetero) is 1. The van der Waals surface area contributed by atoms with Crippen LogP contribution in [0.5, 0.6) is 0 Å².